The molecule has 1 heteroatoms. The molecule has 0 fully saturated rings. The Balaban J connectivity index is 1.48. The average molecular weight is 456 g/mol. The highest BCUT2D eigenvalue weighted by Crippen LogP contribution is 2.64. The summed E-state index contributed by atoms with van der Waals surface area (Å²) in [4.78, 5) is 4.71. The molecule has 3 aliphatic carbocycles. The summed E-state index contributed by atoms with van der Waals surface area (Å²) in [5, 5.41) is 1.23. The van der Waals surface area contributed by atoms with Gasteiger partial charge in [-0.3, -0.25) is 4.98 Å². The molecule has 1 spiro atoms. The van der Waals surface area contributed by atoms with Crippen LogP contribution in [0.4, 0.5) is 0 Å². The summed E-state index contributed by atoms with van der Waals surface area (Å²) in [6.45, 7) is 0. The molecular formula is C35H21N. The van der Waals surface area contributed by atoms with Crippen LogP contribution in [0.15, 0.2) is 115 Å². The third-order valence-corrected chi connectivity index (χ3v) is 8.75. The van der Waals surface area contributed by atoms with Gasteiger partial charge in [-0.05, 0) is 97.4 Å². The van der Waals surface area contributed by atoms with Gasteiger partial charge in [-0.2, -0.15) is 0 Å². The van der Waals surface area contributed by atoms with E-state index in [0.29, 0.717) is 0 Å². The summed E-state index contributed by atoms with van der Waals surface area (Å²) in [5.74, 6) is 0. The minimum atomic E-state index is -0.325. The first kappa shape index (κ1) is 18.8. The molecule has 0 radical (unpaired) electrons. The number of rotatable bonds is 0. The molecule has 1 atom stereocenters. The highest BCUT2D eigenvalue weighted by molar-refractivity contribution is 6.05. The van der Waals surface area contributed by atoms with Crippen LogP contribution in [0.5, 0.6) is 0 Å². The van der Waals surface area contributed by atoms with Gasteiger partial charge in [-0.15, -0.1) is 0 Å². The normalized spacial score (nSPS) is 17.4. The van der Waals surface area contributed by atoms with Crippen LogP contribution in [0.1, 0.15) is 33.4 Å². The molecule has 0 saturated heterocycles. The minimum Gasteiger partial charge on any atom is -0.256 e. The van der Waals surface area contributed by atoms with Crippen molar-refractivity contribution in [1.29, 1.82) is 0 Å². The quantitative estimate of drug-likeness (QED) is 0.225. The molecule has 9 rings (SSSR count). The van der Waals surface area contributed by atoms with Gasteiger partial charge in [0.25, 0.3) is 0 Å². The Labute approximate surface area is 209 Å². The van der Waals surface area contributed by atoms with Gasteiger partial charge in [-0.1, -0.05) is 84.9 Å². The van der Waals surface area contributed by atoms with Gasteiger partial charge in [0.05, 0.1) is 10.9 Å². The van der Waals surface area contributed by atoms with E-state index in [9.17, 15) is 0 Å². The van der Waals surface area contributed by atoms with E-state index in [2.05, 4.69) is 109 Å². The van der Waals surface area contributed by atoms with Gasteiger partial charge in [0, 0.05) is 11.6 Å². The van der Waals surface area contributed by atoms with Gasteiger partial charge in [0.2, 0.25) is 0 Å². The first-order valence-corrected chi connectivity index (χ1v) is 12.7. The molecule has 5 aromatic carbocycles. The van der Waals surface area contributed by atoms with E-state index < -0.39 is 0 Å². The Bertz CT molecular complexity index is 1930. The maximum absolute atomic E-state index is 4.71. The van der Waals surface area contributed by atoms with Crippen molar-refractivity contribution < 1.29 is 0 Å². The van der Waals surface area contributed by atoms with E-state index in [1.807, 2.05) is 6.20 Å². The highest BCUT2D eigenvalue weighted by atomic mass is 14.6. The predicted molar refractivity (Wildman–Crippen MR) is 146 cm³/mol. The van der Waals surface area contributed by atoms with Crippen LogP contribution in [0, 0.1) is 0 Å². The van der Waals surface area contributed by atoms with Gasteiger partial charge in [0.15, 0.2) is 0 Å². The Kier molecular flexibility index (Phi) is 3.33. The second-order valence-corrected chi connectivity index (χ2v) is 10.3. The van der Waals surface area contributed by atoms with Gasteiger partial charge < -0.3 is 0 Å². The molecule has 1 nitrogen and oxygen atoms in total. The second-order valence-electron chi connectivity index (χ2n) is 10.3. The Morgan fingerprint density at radius 2 is 1.25 bits per heavy atom. The molecule has 0 saturated carbocycles. The second kappa shape index (κ2) is 6.38. The summed E-state index contributed by atoms with van der Waals surface area (Å²) in [6, 6.07) is 40.9. The third kappa shape index (κ3) is 2.04. The van der Waals surface area contributed by atoms with Crippen molar-refractivity contribution in [1.82, 2.24) is 4.98 Å². The number of pyridine rings is 1. The third-order valence-electron chi connectivity index (χ3n) is 8.75. The van der Waals surface area contributed by atoms with Crippen LogP contribution in [-0.4, -0.2) is 4.98 Å². The lowest BCUT2D eigenvalue weighted by Crippen LogP contribution is -2.26. The van der Waals surface area contributed by atoms with Crippen LogP contribution in [0.3, 0.4) is 0 Å². The van der Waals surface area contributed by atoms with Gasteiger partial charge in [-0.25, -0.2) is 0 Å². The fraction of sp³-hybridized carbons (Fsp3) is 0.0571. The lowest BCUT2D eigenvalue weighted by molar-refractivity contribution is 0.794. The van der Waals surface area contributed by atoms with Crippen molar-refractivity contribution in [3.8, 4) is 33.4 Å². The Hall–Kier alpha value is -4.49. The maximum Gasteiger partial charge on any atom is 0.0726 e. The zero-order chi connectivity index (χ0) is 23.4. The van der Waals surface area contributed by atoms with Crippen LogP contribution < -0.4 is 0 Å². The largest absolute Gasteiger partial charge is 0.256 e. The molecule has 1 unspecified atom stereocenters. The molecule has 0 aliphatic heterocycles. The zero-order valence-corrected chi connectivity index (χ0v) is 19.6. The Morgan fingerprint density at radius 1 is 0.500 bits per heavy atom. The van der Waals surface area contributed by atoms with E-state index in [4.69, 9.17) is 4.98 Å². The van der Waals surface area contributed by atoms with Crippen molar-refractivity contribution in [2.45, 2.75) is 11.8 Å². The molecule has 1 aromatic heterocycles. The van der Waals surface area contributed by atoms with Crippen molar-refractivity contribution >= 4 is 10.9 Å². The summed E-state index contributed by atoms with van der Waals surface area (Å²) >= 11 is 0. The summed E-state index contributed by atoms with van der Waals surface area (Å²) < 4.78 is 0. The summed E-state index contributed by atoms with van der Waals surface area (Å²) in [6.07, 6.45) is 2.91. The molecule has 166 valence electrons. The van der Waals surface area contributed by atoms with Gasteiger partial charge >= 0.3 is 0 Å². The number of nitrogens with zero attached hydrogens (tertiary/aromatic N) is 1. The first-order valence-electron chi connectivity index (χ1n) is 12.7. The van der Waals surface area contributed by atoms with Crippen molar-refractivity contribution in [2.75, 3.05) is 0 Å². The molecule has 1 heterocycles. The first-order chi connectivity index (χ1) is 17.9. The van der Waals surface area contributed by atoms with E-state index in [1.54, 1.807) is 0 Å². The monoisotopic (exact) mass is 455 g/mol. The van der Waals surface area contributed by atoms with E-state index in [-0.39, 0.29) is 5.41 Å². The smallest absolute Gasteiger partial charge is 0.0726 e. The fourth-order valence-electron chi connectivity index (χ4n) is 7.42. The molecule has 36 heavy (non-hydrogen) atoms. The van der Waals surface area contributed by atoms with Crippen LogP contribution in [0.25, 0.3) is 44.3 Å². The van der Waals surface area contributed by atoms with Crippen molar-refractivity contribution in [3.05, 3.63) is 149 Å². The highest BCUT2D eigenvalue weighted by Gasteiger charge is 2.52. The number of benzene rings is 5. The Morgan fingerprint density at radius 3 is 2.14 bits per heavy atom. The van der Waals surface area contributed by atoms with Gasteiger partial charge in [0.1, 0.15) is 0 Å². The number of hydrogen-bond donors (Lipinski definition) is 0. The average Bonchev–Trinajstić information content (AvgIpc) is 3.55. The van der Waals surface area contributed by atoms with E-state index >= 15 is 0 Å². The SMILES string of the molecule is c1ccc2c(c1)Cc1cc3c(cc1-2)C1(c2ccccc2-3)c2ccccc2-c2c1ccc1ncccc21. The summed E-state index contributed by atoms with van der Waals surface area (Å²) in [5.41, 5.74) is 17.3. The van der Waals surface area contributed by atoms with E-state index in [1.165, 1.54) is 72.1 Å². The molecule has 0 bridgehead atoms. The molecule has 0 amide bonds. The fourth-order valence-corrected chi connectivity index (χ4v) is 7.42. The number of fused-ring (bicyclic) bond motifs is 15. The van der Waals surface area contributed by atoms with Crippen molar-refractivity contribution in [2.24, 2.45) is 0 Å². The van der Waals surface area contributed by atoms with Crippen LogP contribution in [-0.2, 0) is 11.8 Å². The topological polar surface area (TPSA) is 12.9 Å². The van der Waals surface area contributed by atoms with Crippen molar-refractivity contribution in [3.63, 3.8) is 0 Å². The molecular weight excluding hydrogens is 434 g/mol. The molecule has 0 N–H and O–H groups in total. The zero-order valence-electron chi connectivity index (χ0n) is 19.6. The predicted octanol–water partition coefficient (Wildman–Crippen LogP) is 8.15. The molecule has 3 aliphatic rings. The standard InChI is InChI=1S/C35H21N/c1-2-9-23-21(8-1)18-22-19-28-24-10-3-5-13-29(24)35(32(28)20-27(22)23)30-14-6-4-11-25(30)34-26-12-7-17-36-33(26)16-15-31(34)35/h1-17,19-20H,18H2. The van der Waals surface area contributed by atoms with Crippen LogP contribution >= 0.6 is 0 Å². The lowest BCUT2D eigenvalue weighted by Gasteiger charge is -2.31. The van der Waals surface area contributed by atoms with E-state index in [0.717, 1.165) is 11.9 Å². The number of hydrogen-bond acceptors (Lipinski definition) is 1. The summed E-state index contributed by atoms with van der Waals surface area (Å²) in [7, 11) is 0. The minimum absolute atomic E-state index is 0.325. The lowest BCUT2D eigenvalue weighted by atomic mass is 9.70. The molecule has 6 aromatic rings. The number of aromatic nitrogens is 1. The maximum atomic E-state index is 4.71. The van der Waals surface area contributed by atoms with Crippen LogP contribution in [0.2, 0.25) is 0 Å².